The Balaban J connectivity index is 4.62. The standard InChI is InChI=1S/C17H33N3O4/c1-6-8-10-14(19-13(4)17(23)24-5)16(22)20-12(3)15(21)18-11-9-7-2/h12-14,19H,6-11H2,1-5H3,(H,18,21)(H,20,22)/t12-,13?,14-/m0/s1. The van der Waals surface area contributed by atoms with E-state index >= 15 is 0 Å². The Morgan fingerprint density at radius 1 is 0.958 bits per heavy atom. The Kier molecular flexibility index (Phi) is 11.9. The van der Waals surface area contributed by atoms with Gasteiger partial charge in [0.1, 0.15) is 12.1 Å². The van der Waals surface area contributed by atoms with Crippen molar-refractivity contribution in [3.05, 3.63) is 0 Å². The Morgan fingerprint density at radius 2 is 1.58 bits per heavy atom. The van der Waals surface area contributed by atoms with Gasteiger partial charge in [-0.15, -0.1) is 0 Å². The Morgan fingerprint density at radius 3 is 2.12 bits per heavy atom. The van der Waals surface area contributed by atoms with E-state index < -0.39 is 24.1 Å². The van der Waals surface area contributed by atoms with E-state index in [4.69, 9.17) is 0 Å². The topological polar surface area (TPSA) is 96.5 Å². The highest BCUT2D eigenvalue weighted by Gasteiger charge is 2.25. The molecule has 0 rings (SSSR count). The maximum Gasteiger partial charge on any atom is 0.322 e. The van der Waals surface area contributed by atoms with Crippen molar-refractivity contribution < 1.29 is 19.1 Å². The molecule has 3 N–H and O–H groups in total. The first-order valence-electron chi connectivity index (χ1n) is 8.79. The lowest BCUT2D eigenvalue weighted by molar-refractivity contribution is -0.143. The Labute approximate surface area is 145 Å². The summed E-state index contributed by atoms with van der Waals surface area (Å²) >= 11 is 0. The number of methoxy groups -OCH3 is 1. The predicted octanol–water partition coefficient (Wildman–Crippen LogP) is 1.12. The van der Waals surface area contributed by atoms with E-state index in [0.29, 0.717) is 13.0 Å². The minimum atomic E-state index is -0.617. The van der Waals surface area contributed by atoms with Crippen LogP contribution < -0.4 is 16.0 Å². The third kappa shape index (κ3) is 8.86. The molecular weight excluding hydrogens is 310 g/mol. The summed E-state index contributed by atoms with van der Waals surface area (Å²) in [5.41, 5.74) is 0. The van der Waals surface area contributed by atoms with E-state index in [1.54, 1.807) is 13.8 Å². The highest BCUT2D eigenvalue weighted by Crippen LogP contribution is 2.04. The smallest absolute Gasteiger partial charge is 0.322 e. The summed E-state index contributed by atoms with van der Waals surface area (Å²) in [6.07, 6.45) is 4.27. The lowest BCUT2D eigenvalue weighted by Crippen LogP contribution is -2.54. The number of nitrogens with one attached hydrogen (secondary N) is 3. The summed E-state index contributed by atoms with van der Waals surface area (Å²) in [7, 11) is 1.31. The lowest BCUT2D eigenvalue weighted by Gasteiger charge is -2.23. The molecule has 0 aliphatic heterocycles. The van der Waals surface area contributed by atoms with Crippen LogP contribution in [0.25, 0.3) is 0 Å². The van der Waals surface area contributed by atoms with Gasteiger partial charge in [0.05, 0.1) is 13.2 Å². The summed E-state index contributed by atoms with van der Waals surface area (Å²) in [6, 6.07) is -1.74. The molecule has 0 radical (unpaired) electrons. The minimum Gasteiger partial charge on any atom is -0.468 e. The van der Waals surface area contributed by atoms with Crippen molar-refractivity contribution >= 4 is 17.8 Å². The number of hydrogen-bond acceptors (Lipinski definition) is 5. The fourth-order valence-corrected chi connectivity index (χ4v) is 2.17. The zero-order valence-corrected chi connectivity index (χ0v) is 15.6. The van der Waals surface area contributed by atoms with Crippen LogP contribution in [0.2, 0.25) is 0 Å². The fourth-order valence-electron chi connectivity index (χ4n) is 2.17. The van der Waals surface area contributed by atoms with Gasteiger partial charge in [0.25, 0.3) is 0 Å². The van der Waals surface area contributed by atoms with Crippen LogP contribution in [0.5, 0.6) is 0 Å². The van der Waals surface area contributed by atoms with Crippen molar-refractivity contribution in [3.63, 3.8) is 0 Å². The summed E-state index contributed by atoms with van der Waals surface area (Å²) in [5.74, 6) is -0.904. The maximum atomic E-state index is 12.4. The van der Waals surface area contributed by atoms with E-state index in [0.717, 1.165) is 25.7 Å². The quantitative estimate of drug-likeness (QED) is 0.364. The van der Waals surface area contributed by atoms with Gasteiger partial charge in [-0.2, -0.15) is 0 Å². The number of rotatable bonds is 12. The monoisotopic (exact) mass is 343 g/mol. The molecule has 0 aromatic heterocycles. The van der Waals surface area contributed by atoms with Gasteiger partial charge in [0.2, 0.25) is 11.8 Å². The van der Waals surface area contributed by atoms with E-state index in [2.05, 4.69) is 20.7 Å². The summed E-state index contributed by atoms with van der Waals surface area (Å²) < 4.78 is 4.67. The molecule has 7 heteroatoms. The first kappa shape index (κ1) is 22.4. The molecule has 0 bridgehead atoms. The molecule has 140 valence electrons. The van der Waals surface area contributed by atoms with E-state index in [9.17, 15) is 14.4 Å². The molecule has 0 fully saturated rings. The van der Waals surface area contributed by atoms with Crippen LogP contribution >= 0.6 is 0 Å². The molecule has 0 spiro atoms. The lowest BCUT2D eigenvalue weighted by atomic mass is 10.1. The maximum absolute atomic E-state index is 12.4. The molecule has 0 aliphatic carbocycles. The minimum absolute atomic E-state index is 0.202. The van der Waals surface area contributed by atoms with Gasteiger partial charge < -0.3 is 15.4 Å². The van der Waals surface area contributed by atoms with Gasteiger partial charge in [0.15, 0.2) is 0 Å². The van der Waals surface area contributed by atoms with Crippen molar-refractivity contribution in [1.29, 1.82) is 0 Å². The van der Waals surface area contributed by atoms with Crippen molar-refractivity contribution in [2.75, 3.05) is 13.7 Å². The van der Waals surface area contributed by atoms with Gasteiger partial charge in [0, 0.05) is 6.54 Å². The second-order valence-electron chi connectivity index (χ2n) is 5.98. The number of carbonyl (C=O) groups excluding carboxylic acids is 3. The molecule has 0 heterocycles. The molecule has 1 unspecified atom stereocenters. The predicted molar refractivity (Wildman–Crippen MR) is 93.4 cm³/mol. The molecule has 24 heavy (non-hydrogen) atoms. The van der Waals surface area contributed by atoms with Crippen molar-refractivity contribution in [2.24, 2.45) is 0 Å². The first-order chi connectivity index (χ1) is 11.4. The summed E-state index contributed by atoms with van der Waals surface area (Å²) in [5, 5.41) is 8.48. The third-order valence-electron chi connectivity index (χ3n) is 3.75. The van der Waals surface area contributed by atoms with E-state index in [1.807, 2.05) is 13.8 Å². The SMILES string of the molecule is CCCCNC(=O)[C@H](C)NC(=O)[C@H](CCCC)NC(C)C(=O)OC. The Bertz CT molecular complexity index is 401. The van der Waals surface area contributed by atoms with Crippen LogP contribution in [-0.4, -0.2) is 49.6 Å². The first-order valence-corrected chi connectivity index (χ1v) is 8.79. The number of ether oxygens (including phenoxy) is 1. The van der Waals surface area contributed by atoms with Crippen LogP contribution in [0, 0.1) is 0 Å². The highest BCUT2D eigenvalue weighted by atomic mass is 16.5. The van der Waals surface area contributed by atoms with Crippen molar-refractivity contribution in [2.45, 2.75) is 77.9 Å². The normalized spacial score (nSPS) is 14.4. The number of esters is 1. The van der Waals surface area contributed by atoms with Crippen LogP contribution in [0.1, 0.15) is 59.8 Å². The van der Waals surface area contributed by atoms with Crippen molar-refractivity contribution in [1.82, 2.24) is 16.0 Å². The highest BCUT2D eigenvalue weighted by molar-refractivity contribution is 5.89. The Hall–Kier alpha value is -1.63. The van der Waals surface area contributed by atoms with Gasteiger partial charge in [-0.05, 0) is 26.7 Å². The zero-order valence-electron chi connectivity index (χ0n) is 15.6. The second-order valence-corrected chi connectivity index (χ2v) is 5.98. The van der Waals surface area contributed by atoms with Gasteiger partial charge >= 0.3 is 5.97 Å². The molecule has 0 saturated carbocycles. The fraction of sp³-hybridized carbons (Fsp3) is 0.824. The van der Waals surface area contributed by atoms with Gasteiger partial charge in [-0.3, -0.25) is 19.7 Å². The van der Waals surface area contributed by atoms with Crippen LogP contribution in [0.4, 0.5) is 0 Å². The number of hydrogen-bond donors (Lipinski definition) is 3. The average molecular weight is 343 g/mol. The summed E-state index contributed by atoms with van der Waals surface area (Å²) in [6.45, 7) is 7.98. The second kappa shape index (κ2) is 12.8. The molecule has 3 atom stereocenters. The van der Waals surface area contributed by atoms with Gasteiger partial charge in [-0.25, -0.2) is 0 Å². The van der Waals surface area contributed by atoms with E-state index in [-0.39, 0.29) is 11.8 Å². The molecule has 0 aromatic carbocycles. The number of unbranched alkanes of at least 4 members (excludes halogenated alkanes) is 2. The van der Waals surface area contributed by atoms with Crippen LogP contribution in [0.15, 0.2) is 0 Å². The van der Waals surface area contributed by atoms with Crippen LogP contribution in [0.3, 0.4) is 0 Å². The van der Waals surface area contributed by atoms with Crippen LogP contribution in [-0.2, 0) is 19.1 Å². The molecule has 2 amide bonds. The molecule has 0 saturated heterocycles. The molecule has 0 aromatic rings. The zero-order chi connectivity index (χ0) is 18.5. The molecule has 7 nitrogen and oxygen atoms in total. The average Bonchev–Trinajstić information content (AvgIpc) is 2.57. The number of carbonyl (C=O) groups is 3. The van der Waals surface area contributed by atoms with Crippen molar-refractivity contribution in [3.8, 4) is 0 Å². The number of amides is 2. The molecular formula is C17H33N3O4. The molecule has 0 aliphatic rings. The largest absolute Gasteiger partial charge is 0.468 e. The van der Waals surface area contributed by atoms with Gasteiger partial charge in [-0.1, -0.05) is 33.1 Å². The van der Waals surface area contributed by atoms with E-state index in [1.165, 1.54) is 7.11 Å². The summed E-state index contributed by atoms with van der Waals surface area (Å²) in [4.78, 5) is 35.9. The third-order valence-corrected chi connectivity index (χ3v) is 3.75.